The molecule has 9 nitrogen and oxygen atoms in total. The molecule has 2 fully saturated rings. The Kier molecular flexibility index (Phi) is 8.05. The molecular formula is C29H31N7O2. The lowest BCUT2D eigenvalue weighted by molar-refractivity contribution is -0.0614. The van der Waals surface area contributed by atoms with Crippen molar-refractivity contribution in [3.8, 4) is 11.3 Å². The van der Waals surface area contributed by atoms with Crippen LogP contribution in [-0.2, 0) is 4.84 Å². The third-order valence-corrected chi connectivity index (χ3v) is 6.07. The van der Waals surface area contributed by atoms with Crippen LogP contribution in [0.25, 0.3) is 11.3 Å². The number of hydrogen-bond donors (Lipinski definition) is 3. The van der Waals surface area contributed by atoms with Gasteiger partial charge in [-0.15, -0.1) is 0 Å². The van der Waals surface area contributed by atoms with Crippen LogP contribution in [0.3, 0.4) is 0 Å². The summed E-state index contributed by atoms with van der Waals surface area (Å²) in [6.45, 7) is 3.16. The van der Waals surface area contributed by atoms with E-state index < -0.39 is 0 Å². The molecule has 3 N–H and O–H groups in total. The number of pyridine rings is 1. The molecular weight excluding hydrogens is 478 g/mol. The number of anilines is 4. The Bertz CT molecular complexity index is 1330. The van der Waals surface area contributed by atoms with Crippen molar-refractivity contribution >= 4 is 29.0 Å². The fourth-order valence-electron chi connectivity index (χ4n) is 3.87. The van der Waals surface area contributed by atoms with Gasteiger partial charge in [-0.1, -0.05) is 42.5 Å². The average Bonchev–Trinajstić information content (AvgIpc) is 3.59. The van der Waals surface area contributed by atoms with E-state index in [1.165, 1.54) is 17.9 Å². The Morgan fingerprint density at radius 1 is 0.974 bits per heavy atom. The van der Waals surface area contributed by atoms with Crippen LogP contribution in [0.1, 0.15) is 24.8 Å². The topological polar surface area (TPSA) is 104 Å². The van der Waals surface area contributed by atoms with Gasteiger partial charge in [0.25, 0.3) is 0 Å². The highest BCUT2D eigenvalue weighted by Gasteiger charge is 2.22. The minimum Gasteiger partial charge on any atom is -0.367 e. The van der Waals surface area contributed by atoms with Crippen molar-refractivity contribution < 1.29 is 9.63 Å². The van der Waals surface area contributed by atoms with E-state index in [1.807, 2.05) is 79.7 Å². The molecule has 2 aromatic carbocycles. The first-order valence-electron chi connectivity index (χ1n) is 12.8. The summed E-state index contributed by atoms with van der Waals surface area (Å²) in [7, 11) is 0. The number of amides is 2. The average molecular weight is 510 g/mol. The lowest BCUT2D eigenvalue weighted by atomic mass is 10.1. The Balaban J connectivity index is 0.000000433. The molecule has 194 valence electrons. The quantitative estimate of drug-likeness (QED) is 0.292. The van der Waals surface area contributed by atoms with Gasteiger partial charge in [0.1, 0.15) is 18.0 Å². The zero-order chi connectivity index (χ0) is 26.2. The summed E-state index contributed by atoms with van der Waals surface area (Å²) in [5.74, 6) is 1.50. The minimum absolute atomic E-state index is 0.271. The Hall–Kier alpha value is -4.50. The molecule has 9 heteroatoms. The van der Waals surface area contributed by atoms with Crippen molar-refractivity contribution in [2.24, 2.45) is 0 Å². The van der Waals surface area contributed by atoms with Crippen LogP contribution in [0.5, 0.6) is 0 Å². The van der Waals surface area contributed by atoms with E-state index in [0.29, 0.717) is 30.7 Å². The number of carbonyl (C=O) groups excluding carboxylic acids is 1. The molecule has 4 aromatic rings. The van der Waals surface area contributed by atoms with Crippen LogP contribution in [0.4, 0.5) is 27.8 Å². The minimum atomic E-state index is -0.271. The third kappa shape index (κ3) is 6.83. The van der Waals surface area contributed by atoms with Gasteiger partial charge in [-0.25, -0.2) is 24.8 Å². The molecule has 1 saturated heterocycles. The van der Waals surface area contributed by atoms with Gasteiger partial charge >= 0.3 is 6.03 Å². The van der Waals surface area contributed by atoms with Gasteiger partial charge < -0.3 is 16.0 Å². The van der Waals surface area contributed by atoms with Crippen molar-refractivity contribution in [2.45, 2.75) is 32.2 Å². The fourth-order valence-corrected chi connectivity index (χ4v) is 3.87. The van der Waals surface area contributed by atoms with Crippen LogP contribution in [0.2, 0.25) is 0 Å². The van der Waals surface area contributed by atoms with Gasteiger partial charge in [-0.2, -0.15) is 0 Å². The number of aromatic nitrogens is 3. The second kappa shape index (κ2) is 12.2. The number of hydroxylamine groups is 2. The van der Waals surface area contributed by atoms with E-state index in [2.05, 4.69) is 30.9 Å². The number of nitrogens with one attached hydrogen (secondary N) is 3. The number of aryl methyl sites for hydroxylation is 1. The maximum Gasteiger partial charge on any atom is 0.345 e. The van der Waals surface area contributed by atoms with Crippen molar-refractivity contribution in [3.63, 3.8) is 0 Å². The standard InChI is InChI=1S/C23H25N7O2.C6H6/c1-15-5-6-17(28-23(31)30-10-3-11-32-30)12-19(15)29-22-18(4-2-9-24-22)20-13-21(26-14-25-20)27-16-7-8-16;1-2-4-6-5-3-1/h2,4-6,9,12-14,16H,3,7-8,10-11H2,1H3,(H,24,29)(H,28,31)(H,25,26,27);1-6H. The molecule has 1 saturated carbocycles. The second-order valence-electron chi connectivity index (χ2n) is 9.14. The normalized spacial score (nSPS) is 14.3. The second-order valence-corrected chi connectivity index (χ2v) is 9.14. The smallest absolute Gasteiger partial charge is 0.345 e. The van der Waals surface area contributed by atoms with E-state index in [4.69, 9.17) is 4.84 Å². The Morgan fingerprint density at radius 2 is 1.76 bits per heavy atom. The Labute approximate surface area is 222 Å². The summed E-state index contributed by atoms with van der Waals surface area (Å²) in [5, 5.41) is 11.1. The molecule has 0 radical (unpaired) electrons. The molecule has 2 aromatic heterocycles. The molecule has 6 rings (SSSR count). The van der Waals surface area contributed by atoms with E-state index >= 15 is 0 Å². The van der Waals surface area contributed by atoms with Crippen molar-refractivity contribution in [2.75, 3.05) is 29.1 Å². The van der Waals surface area contributed by atoms with Gasteiger partial charge in [0, 0.05) is 35.2 Å². The van der Waals surface area contributed by atoms with E-state index in [1.54, 1.807) is 12.5 Å². The molecule has 0 spiro atoms. The van der Waals surface area contributed by atoms with Crippen LogP contribution in [-0.4, -0.2) is 45.2 Å². The molecule has 38 heavy (non-hydrogen) atoms. The molecule has 0 atom stereocenters. The van der Waals surface area contributed by atoms with Crippen LogP contribution >= 0.6 is 0 Å². The first-order valence-corrected chi connectivity index (χ1v) is 12.8. The van der Waals surface area contributed by atoms with Crippen LogP contribution < -0.4 is 16.0 Å². The molecule has 0 bridgehead atoms. The van der Waals surface area contributed by atoms with Gasteiger partial charge in [-0.3, -0.25) is 4.84 Å². The fraction of sp³-hybridized carbons (Fsp3) is 0.241. The number of carbonyl (C=O) groups is 1. The number of rotatable bonds is 6. The third-order valence-electron chi connectivity index (χ3n) is 6.07. The summed E-state index contributed by atoms with van der Waals surface area (Å²) in [5.41, 5.74) is 4.19. The van der Waals surface area contributed by atoms with E-state index in [0.717, 1.165) is 34.7 Å². The molecule has 2 aliphatic rings. The predicted molar refractivity (Wildman–Crippen MR) is 149 cm³/mol. The molecule has 3 heterocycles. The van der Waals surface area contributed by atoms with Crippen LogP contribution in [0, 0.1) is 6.92 Å². The summed E-state index contributed by atoms with van der Waals surface area (Å²) >= 11 is 0. The van der Waals surface area contributed by atoms with Crippen LogP contribution in [0.15, 0.2) is 85.3 Å². The predicted octanol–water partition coefficient (Wildman–Crippen LogP) is 6.02. The molecule has 1 aliphatic heterocycles. The van der Waals surface area contributed by atoms with Gasteiger partial charge in [0.05, 0.1) is 18.8 Å². The first kappa shape index (κ1) is 25.2. The highest BCUT2D eigenvalue weighted by molar-refractivity contribution is 5.90. The molecule has 1 aliphatic carbocycles. The summed E-state index contributed by atoms with van der Waals surface area (Å²) in [4.78, 5) is 31.0. The lowest BCUT2D eigenvalue weighted by Crippen LogP contribution is -2.31. The number of urea groups is 1. The van der Waals surface area contributed by atoms with Gasteiger partial charge in [-0.05, 0) is 56.0 Å². The Morgan fingerprint density at radius 3 is 2.47 bits per heavy atom. The zero-order valence-corrected chi connectivity index (χ0v) is 21.3. The van der Waals surface area contributed by atoms with Crippen molar-refractivity contribution in [1.82, 2.24) is 20.0 Å². The van der Waals surface area contributed by atoms with Crippen molar-refractivity contribution in [3.05, 3.63) is 90.9 Å². The molecule has 2 amide bonds. The molecule has 0 unspecified atom stereocenters. The summed E-state index contributed by atoms with van der Waals surface area (Å²) < 4.78 is 0. The largest absolute Gasteiger partial charge is 0.367 e. The lowest BCUT2D eigenvalue weighted by Gasteiger charge is -2.17. The van der Waals surface area contributed by atoms with E-state index in [9.17, 15) is 4.79 Å². The maximum absolute atomic E-state index is 12.4. The van der Waals surface area contributed by atoms with Gasteiger partial charge in [0.15, 0.2) is 0 Å². The van der Waals surface area contributed by atoms with E-state index in [-0.39, 0.29) is 6.03 Å². The highest BCUT2D eigenvalue weighted by atomic mass is 16.7. The number of nitrogens with zero attached hydrogens (tertiary/aromatic N) is 4. The van der Waals surface area contributed by atoms with Gasteiger partial charge in [0.2, 0.25) is 0 Å². The van der Waals surface area contributed by atoms with Crippen molar-refractivity contribution in [1.29, 1.82) is 0 Å². The number of hydrogen-bond acceptors (Lipinski definition) is 7. The summed E-state index contributed by atoms with van der Waals surface area (Å²) in [6.07, 6.45) is 6.50. The first-order chi connectivity index (χ1) is 18.7. The maximum atomic E-state index is 12.4. The zero-order valence-electron chi connectivity index (χ0n) is 21.3. The highest BCUT2D eigenvalue weighted by Crippen LogP contribution is 2.31. The monoisotopic (exact) mass is 509 g/mol. The summed E-state index contributed by atoms with van der Waals surface area (Å²) in [6, 6.07) is 23.8. The number of benzene rings is 2. The SMILES string of the molecule is Cc1ccc(NC(=O)N2CCCO2)cc1Nc1ncccc1-c1cc(NC2CC2)ncn1.c1ccccc1.